The minimum Gasteiger partial charge on any atom is -0.454 e. The average molecular weight is 441 g/mol. The minimum absolute atomic E-state index is 0.131. The van der Waals surface area contributed by atoms with E-state index >= 15 is 0 Å². The van der Waals surface area contributed by atoms with E-state index in [1.165, 1.54) is 17.0 Å². The normalized spacial score (nSPS) is 30.8. The maximum atomic E-state index is 13.2. The molecule has 0 spiro atoms. The number of ether oxygens (including phenoxy) is 1. The van der Waals surface area contributed by atoms with Crippen molar-refractivity contribution in [2.24, 2.45) is 35.5 Å². The van der Waals surface area contributed by atoms with E-state index in [0.29, 0.717) is 23.1 Å². The molecular weight excluding hydrogens is 418 g/mol. The van der Waals surface area contributed by atoms with Gasteiger partial charge in [-0.1, -0.05) is 42.0 Å². The largest absolute Gasteiger partial charge is 0.454 e. The lowest BCUT2D eigenvalue weighted by atomic mass is 9.63. The molecule has 6 atom stereocenters. The highest BCUT2D eigenvalue weighted by Crippen LogP contribution is 2.65. The number of Topliss-reactive ketones (excluding diaryl/α,β-unsaturated/α-hetero) is 1. The van der Waals surface area contributed by atoms with Crippen LogP contribution in [0.5, 0.6) is 0 Å². The summed E-state index contributed by atoms with van der Waals surface area (Å²) < 4.78 is 5.17. The van der Waals surface area contributed by atoms with Gasteiger partial charge in [-0.05, 0) is 61.3 Å². The number of amides is 2. The molecule has 2 saturated carbocycles. The fraction of sp³-hybridized carbons (Fsp3) is 0.333. The second kappa shape index (κ2) is 7.24. The summed E-state index contributed by atoms with van der Waals surface area (Å²) in [5, 5.41) is 0. The van der Waals surface area contributed by atoms with Crippen molar-refractivity contribution < 1.29 is 23.9 Å². The Morgan fingerprint density at radius 1 is 0.848 bits per heavy atom. The van der Waals surface area contributed by atoms with Gasteiger partial charge in [0.15, 0.2) is 12.4 Å². The van der Waals surface area contributed by atoms with Crippen LogP contribution in [0, 0.1) is 42.4 Å². The van der Waals surface area contributed by atoms with Gasteiger partial charge in [-0.3, -0.25) is 19.3 Å². The van der Waals surface area contributed by atoms with Gasteiger partial charge in [0.2, 0.25) is 11.8 Å². The first kappa shape index (κ1) is 20.1. The summed E-state index contributed by atoms with van der Waals surface area (Å²) >= 11 is 0. The van der Waals surface area contributed by atoms with E-state index in [9.17, 15) is 19.2 Å². The van der Waals surface area contributed by atoms with Crippen LogP contribution in [0.25, 0.3) is 0 Å². The molecule has 5 aliphatic rings. The number of nitrogens with zero attached hydrogens (tertiary/aromatic N) is 1. The van der Waals surface area contributed by atoms with Gasteiger partial charge in [-0.2, -0.15) is 0 Å². The van der Waals surface area contributed by atoms with Crippen molar-refractivity contribution in [1.82, 2.24) is 0 Å². The van der Waals surface area contributed by atoms with Gasteiger partial charge >= 0.3 is 5.97 Å². The zero-order chi connectivity index (χ0) is 22.9. The first-order chi connectivity index (χ1) is 15.9. The number of carbonyl (C=O) groups is 4. The predicted molar refractivity (Wildman–Crippen MR) is 119 cm³/mol. The van der Waals surface area contributed by atoms with Crippen LogP contribution in [0.4, 0.5) is 5.69 Å². The number of allylic oxidation sites excluding steroid dienone is 2. The van der Waals surface area contributed by atoms with Gasteiger partial charge in [0.05, 0.1) is 23.1 Å². The van der Waals surface area contributed by atoms with Crippen LogP contribution >= 0.6 is 0 Å². The van der Waals surface area contributed by atoms with Crippen molar-refractivity contribution in [3.8, 4) is 0 Å². The van der Waals surface area contributed by atoms with Crippen LogP contribution in [0.2, 0.25) is 0 Å². The first-order valence-electron chi connectivity index (χ1n) is 11.4. The molecule has 33 heavy (non-hydrogen) atoms. The standard InChI is InChI=1S/C27H23NO5/c1-14-2-4-15(5-3-14)22(29)13-33-27(32)16-6-8-17(9-7-16)28-25(30)23-18-10-11-19(21-12-20(18)21)24(23)26(28)31/h2-11,18-21,23-24H,12-13H2,1H3. The third-order valence-corrected chi connectivity index (χ3v) is 7.73. The number of esters is 1. The number of carbonyl (C=O) groups excluding carboxylic acids is 4. The van der Waals surface area contributed by atoms with E-state index in [1.54, 1.807) is 24.3 Å². The van der Waals surface area contributed by atoms with Gasteiger partial charge in [0, 0.05) is 5.56 Å². The molecule has 0 radical (unpaired) electrons. The Bertz CT molecular complexity index is 1180. The van der Waals surface area contributed by atoms with E-state index in [0.717, 1.165) is 12.0 Å². The summed E-state index contributed by atoms with van der Waals surface area (Å²) in [5.74, 6) is -0.229. The van der Waals surface area contributed by atoms with Gasteiger partial charge in [-0.25, -0.2) is 4.79 Å². The molecule has 0 N–H and O–H groups in total. The first-order valence-corrected chi connectivity index (χ1v) is 11.4. The molecule has 0 aromatic heterocycles. The molecule has 1 saturated heterocycles. The maximum Gasteiger partial charge on any atom is 0.338 e. The molecule has 2 aromatic rings. The zero-order valence-corrected chi connectivity index (χ0v) is 18.1. The molecule has 2 aromatic carbocycles. The highest BCUT2D eigenvalue weighted by molar-refractivity contribution is 6.22. The number of ketones is 1. The second-order valence-electron chi connectivity index (χ2n) is 9.58. The van der Waals surface area contributed by atoms with Crippen LogP contribution in [0.3, 0.4) is 0 Å². The number of rotatable bonds is 5. The number of imide groups is 1. The van der Waals surface area contributed by atoms with Crippen LogP contribution < -0.4 is 4.90 Å². The molecule has 3 fully saturated rings. The Labute approximate surface area is 191 Å². The molecular formula is C27H23NO5. The van der Waals surface area contributed by atoms with Crippen LogP contribution in [0.1, 0.15) is 32.7 Å². The summed E-state index contributed by atoms with van der Waals surface area (Å²) in [5.41, 5.74) is 2.26. The Kier molecular flexibility index (Phi) is 4.41. The summed E-state index contributed by atoms with van der Waals surface area (Å²) in [6.07, 6.45) is 5.41. The minimum atomic E-state index is -0.628. The van der Waals surface area contributed by atoms with Gasteiger partial charge in [0.1, 0.15) is 0 Å². The van der Waals surface area contributed by atoms with Crippen molar-refractivity contribution in [1.29, 1.82) is 0 Å². The molecule has 1 heterocycles. The van der Waals surface area contributed by atoms with Crippen molar-refractivity contribution in [3.63, 3.8) is 0 Å². The van der Waals surface area contributed by atoms with Crippen LogP contribution in [-0.2, 0) is 14.3 Å². The number of hydrogen-bond acceptors (Lipinski definition) is 5. The molecule has 1 aliphatic heterocycles. The topological polar surface area (TPSA) is 80.8 Å². The molecule has 2 amide bonds. The maximum absolute atomic E-state index is 13.2. The fourth-order valence-electron chi connectivity index (χ4n) is 6.00. The SMILES string of the molecule is Cc1ccc(C(=O)COC(=O)c2ccc(N3C(=O)C4C5C=CC(C6CC56)C4C3=O)cc2)cc1. The van der Waals surface area contributed by atoms with Gasteiger partial charge in [0.25, 0.3) is 0 Å². The van der Waals surface area contributed by atoms with E-state index in [1.807, 2.05) is 19.1 Å². The Morgan fingerprint density at radius 2 is 1.39 bits per heavy atom. The lowest BCUT2D eigenvalue weighted by Gasteiger charge is -2.37. The number of aryl methyl sites for hydroxylation is 1. The van der Waals surface area contributed by atoms with Gasteiger partial charge in [-0.15, -0.1) is 0 Å². The smallest absolute Gasteiger partial charge is 0.338 e. The molecule has 4 aliphatic carbocycles. The lowest BCUT2D eigenvalue weighted by molar-refractivity contribution is -0.124. The van der Waals surface area contributed by atoms with Crippen molar-refractivity contribution in [2.75, 3.05) is 11.5 Å². The fourth-order valence-corrected chi connectivity index (χ4v) is 6.00. The van der Waals surface area contributed by atoms with E-state index in [-0.39, 0.29) is 53.4 Å². The molecule has 6 nitrogen and oxygen atoms in total. The molecule has 6 heteroatoms. The Balaban J connectivity index is 1.14. The molecule has 2 bridgehead atoms. The van der Waals surface area contributed by atoms with Crippen molar-refractivity contribution in [3.05, 3.63) is 77.4 Å². The monoisotopic (exact) mass is 441 g/mol. The van der Waals surface area contributed by atoms with Crippen molar-refractivity contribution in [2.45, 2.75) is 13.3 Å². The average Bonchev–Trinajstić information content (AvgIpc) is 3.61. The van der Waals surface area contributed by atoms with Crippen LogP contribution in [0.15, 0.2) is 60.7 Å². The summed E-state index contributed by atoms with van der Waals surface area (Å²) in [6, 6.07) is 13.3. The summed E-state index contributed by atoms with van der Waals surface area (Å²) in [6.45, 7) is 1.58. The van der Waals surface area contributed by atoms with E-state index < -0.39 is 5.97 Å². The highest BCUT2D eigenvalue weighted by Gasteiger charge is 2.67. The molecule has 7 rings (SSSR count). The number of hydrogen-bond donors (Lipinski definition) is 0. The zero-order valence-electron chi connectivity index (χ0n) is 18.1. The van der Waals surface area contributed by atoms with E-state index in [2.05, 4.69) is 12.2 Å². The van der Waals surface area contributed by atoms with Gasteiger partial charge < -0.3 is 4.74 Å². The third-order valence-electron chi connectivity index (χ3n) is 7.73. The number of anilines is 1. The van der Waals surface area contributed by atoms with Crippen LogP contribution in [-0.4, -0.2) is 30.2 Å². The highest BCUT2D eigenvalue weighted by atomic mass is 16.5. The number of benzene rings is 2. The second-order valence-corrected chi connectivity index (χ2v) is 9.58. The molecule has 166 valence electrons. The Morgan fingerprint density at radius 3 is 1.97 bits per heavy atom. The lowest BCUT2D eigenvalue weighted by Crippen LogP contribution is -2.40. The summed E-state index contributed by atoms with van der Waals surface area (Å²) in [4.78, 5) is 52.3. The quantitative estimate of drug-likeness (QED) is 0.307. The predicted octanol–water partition coefficient (Wildman–Crippen LogP) is 3.59. The van der Waals surface area contributed by atoms with E-state index in [4.69, 9.17) is 4.74 Å². The Hall–Kier alpha value is -3.54. The van der Waals surface area contributed by atoms with Crippen molar-refractivity contribution >= 4 is 29.3 Å². The third kappa shape index (κ3) is 3.08. The molecule has 6 unspecified atom stereocenters. The summed E-state index contributed by atoms with van der Waals surface area (Å²) in [7, 11) is 0.